The molecule has 0 saturated carbocycles. The van der Waals surface area contributed by atoms with Gasteiger partial charge in [-0.05, 0) is 50.4 Å². The summed E-state index contributed by atoms with van der Waals surface area (Å²) in [5.41, 5.74) is 2.45. The summed E-state index contributed by atoms with van der Waals surface area (Å²) >= 11 is 0. The van der Waals surface area contributed by atoms with Crippen LogP contribution in [0.25, 0.3) is 0 Å². The van der Waals surface area contributed by atoms with Gasteiger partial charge < -0.3 is 10.2 Å². The Balaban J connectivity index is 1.71. The molecule has 0 radical (unpaired) electrons. The molecule has 2 heterocycles. The number of nitrogens with one attached hydrogen (secondary N) is 1. The van der Waals surface area contributed by atoms with E-state index in [1.165, 1.54) is 12.0 Å². The first-order chi connectivity index (χ1) is 10.3. The SMILES string of the molecule is O=C(CN1CCCNCC1)N1CCCCc2ccccc21. The van der Waals surface area contributed by atoms with Crippen LogP contribution in [0.2, 0.25) is 0 Å². The van der Waals surface area contributed by atoms with Gasteiger partial charge in [0.1, 0.15) is 0 Å². The number of benzene rings is 1. The molecule has 1 fully saturated rings. The first kappa shape index (κ1) is 14.5. The third-order valence-electron chi connectivity index (χ3n) is 4.45. The quantitative estimate of drug-likeness (QED) is 0.898. The molecule has 114 valence electrons. The fraction of sp³-hybridized carbons (Fsp3) is 0.588. The first-order valence-electron chi connectivity index (χ1n) is 8.16. The molecule has 0 atom stereocenters. The van der Waals surface area contributed by atoms with E-state index in [1.807, 2.05) is 11.0 Å². The Labute approximate surface area is 127 Å². The maximum Gasteiger partial charge on any atom is 0.241 e. The van der Waals surface area contributed by atoms with Gasteiger partial charge in [0.25, 0.3) is 0 Å². The summed E-state index contributed by atoms with van der Waals surface area (Å²) in [7, 11) is 0. The molecule has 4 nitrogen and oxygen atoms in total. The average Bonchev–Trinajstić information content (AvgIpc) is 2.87. The minimum Gasteiger partial charge on any atom is -0.315 e. The molecule has 0 bridgehead atoms. The van der Waals surface area contributed by atoms with Gasteiger partial charge in [0.05, 0.1) is 6.54 Å². The van der Waals surface area contributed by atoms with Crippen LogP contribution in [0.4, 0.5) is 5.69 Å². The molecule has 1 saturated heterocycles. The normalized spacial score (nSPS) is 20.5. The monoisotopic (exact) mass is 287 g/mol. The van der Waals surface area contributed by atoms with Gasteiger partial charge in [0.2, 0.25) is 5.91 Å². The third-order valence-corrected chi connectivity index (χ3v) is 4.45. The van der Waals surface area contributed by atoms with Crippen molar-refractivity contribution in [1.29, 1.82) is 0 Å². The zero-order valence-electron chi connectivity index (χ0n) is 12.7. The summed E-state index contributed by atoms with van der Waals surface area (Å²) in [5, 5.41) is 3.39. The van der Waals surface area contributed by atoms with Gasteiger partial charge in [-0.2, -0.15) is 0 Å². The molecular formula is C17H25N3O. The highest BCUT2D eigenvalue weighted by atomic mass is 16.2. The van der Waals surface area contributed by atoms with Crippen molar-refractivity contribution in [3.8, 4) is 0 Å². The van der Waals surface area contributed by atoms with Gasteiger partial charge in [0.15, 0.2) is 0 Å². The van der Waals surface area contributed by atoms with Crippen molar-refractivity contribution >= 4 is 11.6 Å². The van der Waals surface area contributed by atoms with E-state index >= 15 is 0 Å². The molecule has 0 spiro atoms. The standard InChI is InChI=1S/C17H25N3O/c21-17(14-19-11-5-9-18-10-13-19)20-12-4-3-7-15-6-1-2-8-16(15)20/h1-2,6,8,18H,3-5,7,9-14H2. The van der Waals surface area contributed by atoms with Crippen LogP contribution < -0.4 is 10.2 Å². The molecule has 1 aromatic carbocycles. The van der Waals surface area contributed by atoms with Gasteiger partial charge in [-0.3, -0.25) is 9.69 Å². The average molecular weight is 287 g/mol. The minimum atomic E-state index is 0.256. The predicted molar refractivity (Wildman–Crippen MR) is 85.7 cm³/mol. The van der Waals surface area contributed by atoms with Crippen molar-refractivity contribution in [2.24, 2.45) is 0 Å². The van der Waals surface area contributed by atoms with Crippen molar-refractivity contribution in [3.63, 3.8) is 0 Å². The zero-order chi connectivity index (χ0) is 14.5. The highest BCUT2D eigenvalue weighted by molar-refractivity contribution is 5.95. The summed E-state index contributed by atoms with van der Waals surface area (Å²) in [6.45, 7) is 5.47. The highest BCUT2D eigenvalue weighted by Gasteiger charge is 2.22. The van der Waals surface area contributed by atoms with Gasteiger partial charge in [-0.25, -0.2) is 0 Å². The molecule has 0 unspecified atom stereocenters. The Bertz CT molecular complexity index is 481. The van der Waals surface area contributed by atoms with E-state index in [2.05, 4.69) is 28.4 Å². The van der Waals surface area contributed by atoms with Crippen molar-refractivity contribution < 1.29 is 4.79 Å². The largest absolute Gasteiger partial charge is 0.315 e. The minimum absolute atomic E-state index is 0.256. The van der Waals surface area contributed by atoms with Crippen LogP contribution in [-0.4, -0.2) is 50.1 Å². The fourth-order valence-electron chi connectivity index (χ4n) is 3.29. The number of carbonyl (C=O) groups is 1. The van der Waals surface area contributed by atoms with E-state index in [4.69, 9.17) is 0 Å². The lowest BCUT2D eigenvalue weighted by Gasteiger charge is -2.26. The molecule has 1 aromatic rings. The van der Waals surface area contributed by atoms with Crippen molar-refractivity contribution in [2.45, 2.75) is 25.7 Å². The van der Waals surface area contributed by atoms with Gasteiger partial charge in [-0.15, -0.1) is 0 Å². The lowest BCUT2D eigenvalue weighted by molar-refractivity contribution is -0.119. The zero-order valence-corrected chi connectivity index (χ0v) is 12.7. The fourth-order valence-corrected chi connectivity index (χ4v) is 3.29. The van der Waals surface area contributed by atoms with E-state index < -0.39 is 0 Å². The lowest BCUT2D eigenvalue weighted by Crippen LogP contribution is -2.42. The van der Waals surface area contributed by atoms with Gasteiger partial charge in [-0.1, -0.05) is 18.2 Å². The molecule has 3 rings (SSSR count). The van der Waals surface area contributed by atoms with Crippen LogP contribution in [0, 0.1) is 0 Å². The highest BCUT2D eigenvalue weighted by Crippen LogP contribution is 2.26. The number of rotatable bonds is 2. The number of aryl methyl sites for hydroxylation is 1. The summed E-state index contributed by atoms with van der Waals surface area (Å²) in [6, 6.07) is 8.38. The maximum atomic E-state index is 12.8. The van der Waals surface area contributed by atoms with Crippen LogP contribution in [0.3, 0.4) is 0 Å². The maximum absolute atomic E-state index is 12.8. The first-order valence-corrected chi connectivity index (χ1v) is 8.16. The summed E-state index contributed by atoms with van der Waals surface area (Å²) in [5.74, 6) is 0.256. The molecular weight excluding hydrogens is 262 g/mol. The number of amides is 1. The van der Waals surface area contributed by atoms with E-state index in [0.29, 0.717) is 6.54 Å². The Morgan fingerprint density at radius 3 is 2.90 bits per heavy atom. The summed E-state index contributed by atoms with van der Waals surface area (Å²) < 4.78 is 0. The van der Waals surface area contributed by atoms with Crippen LogP contribution in [0.5, 0.6) is 0 Å². The number of fused-ring (bicyclic) bond motifs is 1. The number of para-hydroxylation sites is 1. The Hall–Kier alpha value is -1.39. The van der Waals surface area contributed by atoms with Gasteiger partial charge >= 0.3 is 0 Å². The number of anilines is 1. The van der Waals surface area contributed by atoms with E-state index in [9.17, 15) is 4.79 Å². The predicted octanol–water partition coefficient (Wildman–Crippen LogP) is 1.65. The van der Waals surface area contributed by atoms with Crippen LogP contribution in [-0.2, 0) is 11.2 Å². The van der Waals surface area contributed by atoms with E-state index in [-0.39, 0.29) is 5.91 Å². The molecule has 0 aromatic heterocycles. The Morgan fingerprint density at radius 1 is 1.05 bits per heavy atom. The molecule has 2 aliphatic heterocycles. The molecule has 21 heavy (non-hydrogen) atoms. The topological polar surface area (TPSA) is 35.6 Å². The molecule has 4 heteroatoms. The molecule has 1 N–H and O–H groups in total. The number of hydrogen-bond acceptors (Lipinski definition) is 3. The lowest BCUT2D eigenvalue weighted by atomic mass is 10.1. The number of carbonyl (C=O) groups excluding carboxylic acids is 1. The number of hydrogen-bond donors (Lipinski definition) is 1. The number of nitrogens with zero attached hydrogens (tertiary/aromatic N) is 2. The molecule has 1 amide bonds. The van der Waals surface area contributed by atoms with Crippen molar-refractivity contribution in [2.75, 3.05) is 44.2 Å². The van der Waals surface area contributed by atoms with Crippen LogP contribution >= 0.6 is 0 Å². The molecule has 2 aliphatic rings. The third kappa shape index (κ3) is 3.63. The van der Waals surface area contributed by atoms with Crippen LogP contribution in [0.1, 0.15) is 24.8 Å². The summed E-state index contributed by atoms with van der Waals surface area (Å²) in [6.07, 6.45) is 4.49. The van der Waals surface area contributed by atoms with Crippen molar-refractivity contribution in [3.05, 3.63) is 29.8 Å². The van der Waals surface area contributed by atoms with Crippen molar-refractivity contribution in [1.82, 2.24) is 10.2 Å². The van der Waals surface area contributed by atoms with E-state index in [0.717, 1.165) is 57.7 Å². The molecule has 0 aliphatic carbocycles. The van der Waals surface area contributed by atoms with Crippen LogP contribution in [0.15, 0.2) is 24.3 Å². The second-order valence-corrected chi connectivity index (χ2v) is 6.01. The Morgan fingerprint density at radius 2 is 1.95 bits per heavy atom. The second-order valence-electron chi connectivity index (χ2n) is 6.01. The summed E-state index contributed by atoms with van der Waals surface area (Å²) in [4.78, 5) is 17.1. The second kappa shape index (κ2) is 7.05. The van der Waals surface area contributed by atoms with E-state index in [1.54, 1.807) is 0 Å². The smallest absolute Gasteiger partial charge is 0.241 e. The van der Waals surface area contributed by atoms with Gasteiger partial charge in [0, 0.05) is 25.3 Å². The Kier molecular flexibility index (Phi) is 4.88.